The van der Waals surface area contributed by atoms with E-state index in [4.69, 9.17) is 9.82 Å². The van der Waals surface area contributed by atoms with E-state index < -0.39 is 11.3 Å². The van der Waals surface area contributed by atoms with E-state index >= 15 is 0 Å². The molecule has 0 spiro atoms. The van der Waals surface area contributed by atoms with Crippen molar-refractivity contribution in [3.63, 3.8) is 0 Å². The van der Waals surface area contributed by atoms with Crippen LogP contribution in [-0.4, -0.2) is 40.1 Å². The number of rotatable bonds is 9. The van der Waals surface area contributed by atoms with Crippen LogP contribution in [0.25, 0.3) is 16.7 Å². The number of nitrogens with one attached hydrogen (secondary N) is 3. The lowest BCUT2D eigenvalue weighted by Gasteiger charge is -2.54. The van der Waals surface area contributed by atoms with Crippen LogP contribution in [0.5, 0.6) is 0 Å². The lowest BCUT2D eigenvalue weighted by molar-refractivity contribution is -0.0133. The van der Waals surface area contributed by atoms with E-state index in [1.54, 1.807) is 10.8 Å². The van der Waals surface area contributed by atoms with Crippen molar-refractivity contribution < 1.29 is 9.63 Å². The highest BCUT2D eigenvalue weighted by atomic mass is 16.6. The van der Waals surface area contributed by atoms with E-state index in [0.29, 0.717) is 17.6 Å². The van der Waals surface area contributed by atoms with E-state index in [1.165, 1.54) is 62.1 Å². The molecule has 4 bridgehead atoms. The molecule has 2 aromatic heterocycles. The lowest BCUT2D eigenvalue weighted by atomic mass is 9.54. The first-order valence-electron chi connectivity index (χ1n) is 16.5. The van der Waals surface area contributed by atoms with Gasteiger partial charge in [-0.05, 0) is 129 Å². The van der Waals surface area contributed by atoms with Gasteiger partial charge in [-0.2, -0.15) is 4.98 Å². The molecular formula is C36H40N6O3. The summed E-state index contributed by atoms with van der Waals surface area (Å²) in [5.41, 5.74) is 7.83. The molecule has 3 N–H and O–H groups in total. The van der Waals surface area contributed by atoms with Crippen molar-refractivity contribution in [2.45, 2.75) is 63.8 Å². The molecule has 1 amide bonds. The molecule has 0 saturated heterocycles. The van der Waals surface area contributed by atoms with Gasteiger partial charge >= 0.3 is 0 Å². The number of amides is 1. The summed E-state index contributed by atoms with van der Waals surface area (Å²) < 4.78 is 1.80. The molecule has 9 nitrogen and oxygen atoms in total. The zero-order valence-electron chi connectivity index (χ0n) is 25.7. The van der Waals surface area contributed by atoms with E-state index in [0.717, 1.165) is 67.3 Å². The normalized spacial score (nSPS) is 24.6. The molecule has 4 fully saturated rings. The number of carbonyl (C=O) groups excluding carboxylic acids is 1. The van der Waals surface area contributed by atoms with E-state index in [2.05, 4.69) is 57.5 Å². The highest BCUT2D eigenvalue weighted by Gasteiger charge is 2.47. The van der Waals surface area contributed by atoms with Crippen molar-refractivity contribution in [2.24, 2.45) is 23.7 Å². The van der Waals surface area contributed by atoms with Crippen LogP contribution in [0.3, 0.4) is 0 Å². The molecule has 5 aliphatic rings. The number of pyridine rings is 1. The van der Waals surface area contributed by atoms with Crippen LogP contribution in [0, 0.1) is 23.7 Å². The van der Waals surface area contributed by atoms with Crippen LogP contribution < -0.4 is 21.5 Å². The van der Waals surface area contributed by atoms with E-state index in [9.17, 15) is 9.59 Å². The molecule has 9 rings (SSSR count). The van der Waals surface area contributed by atoms with Gasteiger partial charge in [-0.15, -0.1) is 0 Å². The van der Waals surface area contributed by atoms with Crippen LogP contribution in [0.2, 0.25) is 0 Å². The highest BCUT2D eigenvalue weighted by Crippen LogP contribution is 2.53. The molecule has 2 heterocycles. The Morgan fingerprint density at radius 1 is 0.978 bits per heavy atom. The number of hydrogen-bond donors (Lipinski definition) is 3. The number of carbonyl (C=O) groups is 1. The van der Waals surface area contributed by atoms with Gasteiger partial charge in [-0.25, -0.2) is 10.5 Å². The fourth-order valence-corrected chi connectivity index (χ4v) is 8.91. The largest absolute Gasteiger partial charge is 0.324 e. The van der Waals surface area contributed by atoms with Crippen LogP contribution in [0.1, 0.15) is 65.6 Å². The predicted molar refractivity (Wildman–Crippen MR) is 174 cm³/mol. The molecule has 0 unspecified atom stereocenters. The van der Waals surface area contributed by atoms with Crippen LogP contribution >= 0.6 is 0 Å². The van der Waals surface area contributed by atoms with Gasteiger partial charge in [0.25, 0.3) is 5.91 Å². The monoisotopic (exact) mass is 604 g/mol. The summed E-state index contributed by atoms with van der Waals surface area (Å²) in [7, 11) is 1.34. The zero-order valence-corrected chi connectivity index (χ0v) is 25.7. The summed E-state index contributed by atoms with van der Waals surface area (Å²) in [5, 5.41) is 7.51. The SMILES string of the molecule is CONC(=O)c1cn(-c2ccc3c(c2)CCC3)c2nc(Nc3ccc(CCNC4C5CC6CC(C5)CC4C6)cc3)ncc2c1=O. The molecule has 2 aromatic carbocycles. The summed E-state index contributed by atoms with van der Waals surface area (Å²) in [6.07, 6.45) is 14.5. The molecule has 0 atom stereocenters. The van der Waals surface area contributed by atoms with Gasteiger partial charge in [-0.3, -0.25) is 14.4 Å². The topological polar surface area (TPSA) is 110 Å². The molecule has 45 heavy (non-hydrogen) atoms. The standard InChI is InChI=1S/C36H40N6O3/c1-45-41-35(44)31-20-42(29-10-7-24-3-2-4-25(24)18-29)34-30(33(31)43)19-38-36(40-34)39-28-8-5-21(6-9-28)11-12-37-32-26-14-22-13-23(16-26)17-27(32)15-22/h5-10,18-20,22-23,26-27,32,37H,2-4,11-17H2,1H3,(H,41,44)(H,38,39,40). The molecule has 0 radical (unpaired) electrons. The van der Waals surface area contributed by atoms with Crippen molar-refractivity contribution in [3.8, 4) is 5.69 Å². The Morgan fingerprint density at radius 2 is 1.73 bits per heavy atom. The summed E-state index contributed by atoms with van der Waals surface area (Å²) >= 11 is 0. The summed E-state index contributed by atoms with van der Waals surface area (Å²) in [6, 6.07) is 15.4. The highest BCUT2D eigenvalue weighted by molar-refractivity contribution is 5.96. The third-order valence-electron chi connectivity index (χ3n) is 10.8. The number of fused-ring (bicyclic) bond motifs is 2. The first kappa shape index (κ1) is 28.4. The van der Waals surface area contributed by atoms with Crippen LogP contribution in [-0.2, 0) is 24.1 Å². The Balaban J connectivity index is 1.01. The number of nitrogens with zero attached hydrogens (tertiary/aromatic N) is 3. The third kappa shape index (κ3) is 5.42. The lowest BCUT2D eigenvalue weighted by Crippen LogP contribution is -2.54. The zero-order chi connectivity index (χ0) is 30.5. The minimum Gasteiger partial charge on any atom is -0.324 e. The van der Waals surface area contributed by atoms with Gasteiger partial charge in [0.15, 0.2) is 5.65 Å². The van der Waals surface area contributed by atoms with Gasteiger partial charge in [-0.1, -0.05) is 18.2 Å². The fourth-order valence-electron chi connectivity index (χ4n) is 8.91. The van der Waals surface area contributed by atoms with Gasteiger partial charge in [0.1, 0.15) is 5.56 Å². The van der Waals surface area contributed by atoms with Gasteiger partial charge in [0.2, 0.25) is 11.4 Å². The Labute approximate surface area is 262 Å². The fraction of sp³-hybridized carbons (Fsp3) is 0.444. The maximum atomic E-state index is 13.3. The van der Waals surface area contributed by atoms with Crippen LogP contribution in [0.4, 0.5) is 11.6 Å². The van der Waals surface area contributed by atoms with Crippen LogP contribution in [0.15, 0.2) is 59.7 Å². The van der Waals surface area contributed by atoms with Crippen molar-refractivity contribution >= 4 is 28.6 Å². The van der Waals surface area contributed by atoms with Crippen molar-refractivity contribution in [2.75, 3.05) is 19.0 Å². The summed E-state index contributed by atoms with van der Waals surface area (Å²) in [5.74, 6) is 3.55. The number of benzene rings is 2. The molecule has 4 aromatic rings. The molecule has 4 saturated carbocycles. The van der Waals surface area contributed by atoms with Crippen molar-refractivity contribution in [1.82, 2.24) is 25.3 Å². The quantitative estimate of drug-likeness (QED) is 0.224. The summed E-state index contributed by atoms with van der Waals surface area (Å²) in [6.45, 7) is 1.01. The Bertz CT molecular complexity index is 1790. The maximum Gasteiger partial charge on any atom is 0.280 e. The van der Waals surface area contributed by atoms with Crippen molar-refractivity contribution in [1.29, 1.82) is 0 Å². The average Bonchev–Trinajstić information content (AvgIpc) is 3.51. The predicted octanol–water partition coefficient (Wildman–Crippen LogP) is 5.26. The molecule has 0 aliphatic heterocycles. The van der Waals surface area contributed by atoms with E-state index in [1.807, 2.05) is 6.07 Å². The third-order valence-corrected chi connectivity index (χ3v) is 10.8. The second-order valence-electron chi connectivity index (χ2n) is 13.6. The van der Waals surface area contributed by atoms with Gasteiger partial charge in [0, 0.05) is 29.8 Å². The van der Waals surface area contributed by atoms with Crippen molar-refractivity contribution in [3.05, 3.63) is 87.3 Å². The van der Waals surface area contributed by atoms with Gasteiger partial charge in [0.05, 0.1) is 12.5 Å². The second-order valence-corrected chi connectivity index (χ2v) is 13.6. The molecule has 5 aliphatic carbocycles. The maximum absolute atomic E-state index is 13.3. The Kier molecular flexibility index (Phi) is 7.38. The van der Waals surface area contributed by atoms with Gasteiger partial charge < -0.3 is 15.2 Å². The number of aryl methyl sites for hydroxylation is 2. The number of anilines is 2. The number of hydroxylamine groups is 1. The molecule has 9 heteroatoms. The minimum absolute atomic E-state index is 0.0393. The number of aromatic nitrogens is 3. The molecule has 232 valence electrons. The number of hydrogen-bond acceptors (Lipinski definition) is 7. The first-order chi connectivity index (χ1) is 22.0. The minimum atomic E-state index is -0.616. The Morgan fingerprint density at radius 3 is 2.49 bits per heavy atom. The smallest absolute Gasteiger partial charge is 0.280 e. The molecular weight excluding hydrogens is 564 g/mol. The summed E-state index contributed by atoms with van der Waals surface area (Å²) in [4.78, 5) is 40.1. The second kappa shape index (κ2) is 11.7. The van der Waals surface area contributed by atoms with E-state index in [-0.39, 0.29) is 10.9 Å². The average molecular weight is 605 g/mol. The Hall–Kier alpha value is -4.08. The first-order valence-corrected chi connectivity index (χ1v) is 16.5.